The Kier molecular flexibility index (Phi) is 6.35. The highest BCUT2D eigenvalue weighted by atomic mass is 32.2. The minimum Gasteiger partial charge on any atom is -0.338 e. The molecular formula is C9H19N3O2S. The third-order valence-corrected chi connectivity index (χ3v) is 2.71. The Morgan fingerprint density at radius 3 is 2.47 bits per heavy atom. The second kappa shape index (κ2) is 6.68. The van der Waals surface area contributed by atoms with Gasteiger partial charge in [-0.25, -0.2) is 4.79 Å². The Bertz CT molecular complexity index is 226. The molecule has 0 bridgehead atoms. The number of nitrogens with two attached hydrogens (primary N) is 1. The first-order valence-electron chi connectivity index (χ1n) is 4.79. The van der Waals surface area contributed by atoms with E-state index in [1.807, 2.05) is 13.8 Å². The van der Waals surface area contributed by atoms with Crippen LogP contribution in [0.5, 0.6) is 0 Å². The van der Waals surface area contributed by atoms with Gasteiger partial charge < -0.3 is 11.1 Å². The Hall–Kier alpha value is -0.750. The van der Waals surface area contributed by atoms with Crippen LogP contribution in [-0.4, -0.2) is 35.5 Å². The first kappa shape index (κ1) is 14.2. The van der Waals surface area contributed by atoms with Crippen LogP contribution in [-0.2, 0) is 4.79 Å². The first-order chi connectivity index (χ1) is 6.85. The maximum Gasteiger partial charge on any atom is 0.321 e. The summed E-state index contributed by atoms with van der Waals surface area (Å²) in [5.41, 5.74) is 5.44. The summed E-state index contributed by atoms with van der Waals surface area (Å²) < 4.78 is 0. The lowest BCUT2D eigenvalue weighted by atomic mass is 10.1. The van der Waals surface area contributed by atoms with Gasteiger partial charge in [-0.1, -0.05) is 0 Å². The molecule has 88 valence electrons. The molecule has 0 saturated heterocycles. The quantitative estimate of drug-likeness (QED) is 0.638. The SMILES string of the molecule is CCNC(=O)NC(=O)CSCC(C)(C)N. The largest absolute Gasteiger partial charge is 0.338 e. The van der Waals surface area contributed by atoms with Gasteiger partial charge in [0.2, 0.25) is 5.91 Å². The molecule has 0 rings (SSSR count). The topological polar surface area (TPSA) is 84.2 Å². The van der Waals surface area contributed by atoms with Gasteiger partial charge in [-0.15, -0.1) is 0 Å². The zero-order chi connectivity index (χ0) is 11.9. The Morgan fingerprint density at radius 1 is 1.40 bits per heavy atom. The lowest BCUT2D eigenvalue weighted by molar-refractivity contribution is -0.117. The summed E-state index contributed by atoms with van der Waals surface area (Å²) >= 11 is 1.41. The Morgan fingerprint density at radius 2 is 2.00 bits per heavy atom. The predicted octanol–water partition coefficient (Wildman–Crippen LogP) is 0.303. The van der Waals surface area contributed by atoms with Crippen LogP contribution in [0.2, 0.25) is 0 Å². The van der Waals surface area contributed by atoms with E-state index in [0.29, 0.717) is 12.3 Å². The molecule has 0 atom stereocenters. The number of hydrogen-bond acceptors (Lipinski definition) is 4. The second-order valence-electron chi connectivity index (χ2n) is 3.89. The molecule has 0 radical (unpaired) electrons. The molecule has 0 aromatic carbocycles. The summed E-state index contributed by atoms with van der Waals surface area (Å²) in [6.07, 6.45) is 0. The van der Waals surface area contributed by atoms with E-state index in [1.54, 1.807) is 6.92 Å². The van der Waals surface area contributed by atoms with Crippen LogP contribution < -0.4 is 16.4 Å². The van der Waals surface area contributed by atoms with Gasteiger partial charge in [0.1, 0.15) is 0 Å². The van der Waals surface area contributed by atoms with E-state index in [0.717, 1.165) is 0 Å². The third-order valence-electron chi connectivity index (χ3n) is 1.30. The fourth-order valence-electron chi connectivity index (χ4n) is 0.774. The number of carbonyl (C=O) groups excluding carboxylic acids is 2. The van der Waals surface area contributed by atoms with Gasteiger partial charge in [-0.2, -0.15) is 11.8 Å². The van der Waals surface area contributed by atoms with Gasteiger partial charge in [0.15, 0.2) is 0 Å². The minimum absolute atomic E-state index is 0.248. The van der Waals surface area contributed by atoms with E-state index in [-0.39, 0.29) is 17.2 Å². The van der Waals surface area contributed by atoms with Crippen molar-refractivity contribution < 1.29 is 9.59 Å². The van der Waals surface area contributed by atoms with E-state index in [2.05, 4.69) is 10.6 Å². The number of hydrogen-bond donors (Lipinski definition) is 3. The maximum absolute atomic E-state index is 11.2. The molecule has 0 heterocycles. The number of urea groups is 1. The summed E-state index contributed by atoms with van der Waals surface area (Å²) in [6.45, 7) is 6.07. The lowest BCUT2D eigenvalue weighted by Gasteiger charge is -2.17. The maximum atomic E-state index is 11.2. The van der Waals surface area contributed by atoms with Crippen molar-refractivity contribution in [1.82, 2.24) is 10.6 Å². The van der Waals surface area contributed by atoms with E-state index in [4.69, 9.17) is 5.73 Å². The van der Waals surface area contributed by atoms with E-state index >= 15 is 0 Å². The van der Waals surface area contributed by atoms with Crippen LogP contribution >= 0.6 is 11.8 Å². The van der Waals surface area contributed by atoms with Gasteiger partial charge in [-0.05, 0) is 20.8 Å². The van der Waals surface area contributed by atoms with Crippen molar-refractivity contribution in [2.45, 2.75) is 26.3 Å². The summed E-state index contributed by atoms with van der Waals surface area (Å²) in [6, 6.07) is -0.449. The van der Waals surface area contributed by atoms with Crippen molar-refractivity contribution in [1.29, 1.82) is 0 Å². The molecule has 0 saturated carbocycles. The summed E-state index contributed by atoms with van der Waals surface area (Å²) in [5.74, 6) is 0.628. The van der Waals surface area contributed by atoms with Crippen LogP contribution in [0.1, 0.15) is 20.8 Å². The number of carbonyl (C=O) groups is 2. The zero-order valence-corrected chi connectivity index (χ0v) is 10.2. The lowest BCUT2D eigenvalue weighted by Crippen LogP contribution is -2.41. The average Bonchev–Trinajstić information content (AvgIpc) is 2.01. The fourth-order valence-corrected chi connectivity index (χ4v) is 1.66. The number of nitrogens with one attached hydrogen (secondary N) is 2. The van der Waals surface area contributed by atoms with Crippen molar-refractivity contribution in [3.05, 3.63) is 0 Å². The molecule has 0 unspecified atom stereocenters. The van der Waals surface area contributed by atoms with Crippen LogP contribution in [0, 0.1) is 0 Å². The van der Waals surface area contributed by atoms with Crippen molar-refractivity contribution in [3.63, 3.8) is 0 Å². The molecule has 0 fully saturated rings. The molecule has 6 heteroatoms. The van der Waals surface area contributed by atoms with Gasteiger partial charge in [0.25, 0.3) is 0 Å². The number of imide groups is 1. The fraction of sp³-hybridized carbons (Fsp3) is 0.778. The normalized spacial score (nSPS) is 10.9. The molecule has 0 aromatic heterocycles. The third kappa shape index (κ3) is 9.55. The smallest absolute Gasteiger partial charge is 0.321 e. The molecule has 5 nitrogen and oxygen atoms in total. The minimum atomic E-state index is -0.449. The molecule has 4 N–H and O–H groups in total. The standard InChI is InChI=1S/C9H19N3O2S/c1-4-11-8(14)12-7(13)5-15-6-9(2,3)10/h4-6,10H2,1-3H3,(H2,11,12,13,14). The average molecular weight is 233 g/mol. The summed E-state index contributed by atoms with van der Waals surface area (Å²) in [4.78, 5) is 22.1. The van der Waals surface area contributed by atoms with Gasteiger partial charge >= 0.3 is 6.03 Å². The molecule has 0 aliphatic heterocycles. The first-order valence-corrected chi connectivity index (χ1v) is 5.95. The summed E-state index contributed by atoms with van der Waals surface area (Å²) in [5, 5.41) is 4.69. The monoisotopic (exact) mass is 233 g/mol. The van der Waals surface area contributed by atoms with Crippen molar-refractivity contribution in [3.8, 4) is 0 Å². The van der Waals surface area contributed by atoms with E-state index in [1.165, 1.54) is 11.8 Å². The number of amides is 3. The van der Waals surface area contributed by atoms with Crippen LogP contribution in [0.15, 0.2) is 0 Å². The molecule has 0 aliphatic carbocycles. The molecule has 0 aliphatic rings. The van der Waals surface area contributed by atoms with Crippen LogP contribution in [0.4, 0.5) is 4.79 Å². The zero-order valence-electron chi connectivity index (χ0n) is 9.42. The van der Waals surface area contributed by atoms with Crippen LogP contribution in [0.25, 0.3) is 0 Å². The Labute approximate surface area is 94.5 Å². The molecule has 15 heavy (non-hydrogen) atoms. The highest BCUT2D eigenvalue weighted by molar-refractivity contribution is 8.00. The van der Waals surface area contributed by atoms with Gasteiger partial charge in [0, 0.05) is 17.8 Å². The summed E-state index contributed by atoms with van der Waals surface area (Å²) in [7, 11) is 0. The highest BCUT2D eigenvalue weighted by Crippen LogP contribution is 2.08. The van der Waals surface area contributed by atoms with E-state index < -0.39 is 6.03 Å². The van der Waals surface area contributed by atoms with Crippen molar-refractivity contribution in [2.24, 2.45) is 5.73 Å². The van der Waals surface area contributed by atoms with Gasteiger partial charge in [0.05, 0.1) is 5.75 Å². The molecule has 0 spiro atoms. The van der Waals surface area contributed by atoms with E-state index in [9.17, 15) is 9.59 Å². The number of thioether (sulfide) groups is 1. The number of rotatable bonds is 5. The highest BCUT2D eigenvalue weighted by Gasteiger charge is 2.12. The predicted molar refractivity (Wildman–Crippen MR) is 62.8 cm³/mol. The second-order valence-corrected chi connectivity index (χ2v) is 4.87. The van der Waals surface area contributed by atoms with Crippen LogP contribution in [0.3, 0.4) is 0 Å². The molecule has 3 amide bonds. The van der Waals surface area contributed by atoms with Crippen molar-refractivity contribution >= 4 is 23.7 Å². The Balaban J connectivity index is 3.62. The molecule has 0 aromatic rings. The van der Waals surface area contributed by atoms with Crippen molar-refractivity contribution in [2.75, 3.05) is 18.1 Å². The molecular weight excluding hydrogens is 214 g/mol. The van der Waals surface area contributed by atoms with Gasteiger partial charge in [-0.3, -0.25) is 10.1 Å².